The highest BCUT2D eigenvalue weighted by molar-refractivity contribution is 5.67. The van der Waals surface area contributed by atoms with Crippen LogP contribution >= 0.6 is 0 Å². The first-order valence-corrected chi connectivity index (χ1v) is 11.2. The van der Waals surface area contributed by atoms with E-state index in [-0.39, 0.29) is 6.42 Å². The van der Waals surface area contributed by atoms with Crippen molar-refractivity contribution in [2.24, 2.45) is 0 Å². The summed E-state index contributed by atoms with van der Waals surface area (Å²) in [4.78, 5) is 15.4. The van der Waals surface area contributed by atoms with Crippen LogP contribution in [0.25, 0.3) is 16.9 Å². The van der Waals surface area contributed by atoms with Crippen molar-refractivity contribution in [2.45, 2.75) is 58.8 Å². The van der Waals surface area contributed by atoms with E-state index in [1.807, 2.05) is 18.2 Å². The number of rotatable bonds is 12. The summed E-state index contributed by atoms with van der Waals surface area (Å²) in [6.07, 6.45) is 5.75. The van der Waals surface area contributed by atoms with Crippen molar-refractivity contribution < 1.29 is 14.6 Å². The molecule has 0 spiro atoms. The minimum absolute atomic E-state index is 0.256. The minimum atomic E-state index is -0.716. The van der Waals surface area contributed by atoms with Crippen LogP contribution in [0.1, 0.15) is 56.7 Å². The Labute approximate surface area is 184 Å². The standard InChI is InChI=1S/C26H32N2O3/c1-3-23-25(21-12-8-7-9-13-21)28(22-17-15-20(2)16-18-22)26(27-23)31-19-11-6-4-5-10-14-24(29)30/h7-9,12-13,15-18H,3-6,10-11,14,19H2,1-2H3,(H,29,30). The zero-order valence-electron chi connectivity index (χ0n) is 18.5. The molecule has 5 heteroatoms. The third-order valence-electron chi connectivity index (χ3n) is 5.36. The van der Waals surface area contributed by atoms with Crippen LogP contribution in [0.2, 0.25) is 0 Å². The van der Waals surface area contributed by atoms with Crippen LogP contribution in [0.15, 0.2) is 54.6 Å². The summed E-state index contributed by atoms with van der Waals surface area (Å²) in [5.41, 5.74) is 5.48. The molecule has 0 fully saturated rings. The molecule has 0 aliphatic carbocycles. The van der Waals surface area contributed by atoms with E-state index in [0.29, 0.717) is 12.6 Å². The van der Waals surface area contributed by atoms with Crippen LogP contribution in [-0.2, 0) is 11.2 Å². The molecular weight excluding hydrogens is 388 g/mol. The number of aryl methyl sites for hydroxylation is 2. The van der Waals surface area contributed by atoms with Crippen LogP contribution in [0.5, 0.6) is 6.01 Å². The zero-order chi connectivity index (χ0) is 22.1. The predicted molar refractivity (Wildman–Crippen MR) is 124 cm³/mol. The first-order chi connectivity index (χ1) is 15.1. The second-order valence-electron chi connectivity index (χ2n) is 7.84. The van der Waals surface area contributed by atoms with Gasteiger partial charge in [0, 0.05) is 12.0 Å². The summed E-state index contributed by atoms with van der Waals surface area (Å²) >= 11 is 0. The van der Waals surface area contributed by atoms with Gasteiger partial charge in [0.15, 0.2) is 0 Å². The number of benzene rings is 2. The van der Waals surface area contributed by atoms with Crippen molar-refractivity contribution in [1.82, 2.24) is 9.55 Å². The Hall–Kier alpha value is -3.08. The molecule has 0 aliphatic rings. The molecule has 0 saturated heterocycles. The van der Waals surface area contributed by atoms with Gasteiger partial charge in [-0.1, -0.05) is 74.2 Å². The first kappa shape index (κ1) is 22.6. The van der Waals surface area contributed by atoms with Crippen molar-refractivity contribution in [3.63, 3.8) is 0 Å². The fraction of sp³-hybridized carbons (Fsp3) is 0.385. The molecule has 0 saturated carbocycles. The van der Waals surface area contributed by atoms with Gasteiger partial charge in [0.2, 0.25) is 0 Å². The maximum atomic E-state index is 10.6. The SMILES string of the molecule is CCc1nc(OCCCCCCCC(=O)O)n(-c2ccc(C)cc2)c1-c1ccccc1. The first-order valence-electron chi connectivity index (χ1n) is 11.2. The van der Waals surface area contributed by atoms with Crippen molar-refractivity contribution in [2.75, 3.05) is 6.61 Å². The van der Waals surface area contributed by atoms with Gasteiger partial charge >= 0.3 is 12.0 Å². The van der Waals surface area contributed by atoms with Crippen LogP contribution in [0, 0.1) is 6.92 Å². The Morgan fingerprint density at radius 2 is 1.65 bits per heavy atom. The maximum Gasteiger partial charge on any atom is 0.303 e. The molecule has 0 radical (unpaired) electrons. The van der Waals surface area contributed by atoms with Gasteiger partial charge in [-0.05, 0) is 38.3 Å². The van der Waals surface area contributed by atoms with Gasteiger partial charge in [-0.2, -0.15) is 4.98 Å². The van der Waals surface area contributed by atoms with Crippen LogP contribution < -0.4 is 4.74 Å². The number of hydrogen-bond acceptors (Lipinski definition) is 3. The molecule has 0 unspecified atom stereocenters. The molecule has 3 aromatic rings. The molecule has 0 aliphatic heterocycles. The molecule has 0 bridgehead atoms. The molecule has 31 heavy (non-hydrogen) atoms. The average Bonchev–Trinajstić information content (AvgIpc) is 3.15. The topological polar surface area (TPSA) is 64.3 Å². The normalized spacial score (nSPS) is 10.9. The number of aliphatic carboxylic acids is 1. The molecule has 2 aromatic carbocycles. The Kier molecular flexibility index (Phi) is 8.27. The lowest BCUT2D eigenvalue weighted by Gasteiger charge is -2.13. The monoisotopic (exact) mass is 420 g/mol. The Bertz CT molecular complexity index is 962. The third kappa shape index (κ3) is 6.20. The molecule has 1 heterocycles. The number of unbranched alkanes of at least 4 members (excludes halogenated alkanes) is 4. The number of ether oxygens (including phenoxy) is 1. The van der Waals surface area contributed by atoms with Gasteiger partial charge in [-0.3, -0.25) is 9.36 Å². The largest absolute Gasteiger partial charge is 0.481 e. The van der Waals surface area contributed by atoms with E-state index in [4.69, 9.17) is 14.8 Å². The quantitative estimate of drug-likeness (QED) is 0.354. The Balaban J connectivity index is 1.76. The van der Waals surface area contributed by atoms with Gasteiger partial charge in [0.1, 0.15) is 0 Å². The van der Waals surface area contributed by atoms with E-state index in [0.717, 1.165) is 61.2 Å². The number of carbonyl (C=O) groups is 1. The fourth-order valence-electron chi connectivity index (χ4n) is 3.68. The van der Waals surface area contributed by atoms with E-state index in [2.05, 4.69) is 54.8 Å². The second kappa shape index (κ2) is 11.3. The highest BCUT2D eigenvalue weighted by Crippen LogP contribution is 2.32. The lowest BCUT2D eigenvalue weighted by atomic mass is 10.1. The lowest BCUT2D eigenvalue weighted by molar-refractivity contribution is -0.137. The van der Waals surface area contributed by atoms with Gasteiger partial charge in [0.05, 0.1) is 23.7 Å². The molecule has 3 rings (SSSR count). The summed E-state index contributed by atoms with van der Waals surface area (Å²) in [5, 5.41) is 8.71. The molecule has 0 atom stereocenters. The predicted octanol–water partition coefficient (Wildman–Crippen LogP) is 6.21. The van der Waals surface area contributed by atoms with E-state index in [9.17, 15) is 4.79 Å². The van der Waals surface area contributed by atoms with Crippen molar-refractivity contribution in [3.05, 3.63) is 65.9 Å². The number of aromatic nitrogens is 2. The van der Waals surface area contributed by atoms with Crippen molar-refractivity contribution >= 4 is 5.97 Å². The minimum Gasteiger partial charge on any atom is -0.481 e. The molecular formula is C26H32N2O3. The van der Waals surface area contributed by atoms with Gasteiger partial charge in [-0.15, -0.1) is 0 Å². The summed E-state index contributed by atoms with van der Waals surface area (Å²) in [7, 11) is 0. The third-order valence-corrected chi connectivity index (χ3v) is 5.36. The van der Waals surface area contributed by atoms with E-state index >= 15 is 0 Å². The second-order valence-corrected chi connectivity index (χ2v) is 7.84. The van der Waals surface area contributed by atoms with E-state index in [1.165, 1.54) is 5.56 Å². The Morgan fingerprint density at radius 1 is 0.968 bits per heavy atom. The number of nitrogens with zero attached hydrogens (tertiary/aromatic N) is 2. The number of carboxylic acids is 1. The van der Waals surface area contributed by atoms with Crippen molar-refractivity contribution in [1.29, 1.82) is 0 Å². The van der Waals surface area contributed by atoms with Gasteiger partial charge < -0.3 is 9.84 Å². The van der Waals surface area contributed by atoms with Gasteiger partial charge in [0.25, 0.3) is 0 Å². The van der Waals surface area contributed by atoms with Crippen LogP contribution in [0.3, 0.4) is 0 Å². The molecule has 1 aromatic heterocycles. The highest BCUT2D eigenvalue weighted by atomic mass is 16.5. The number of imidazole rings is 1. The lowest BCUT2D eigenvalue weighted by Crippen LogP contribution is -2.05. The van der Waals surface area contributed by atoms with Crippen LogP contribution in [0.4, 0.5) is 0 Å². The molecule has 0 amide bonds. The highest BCUT2D eigenvalue weighted by Gasteiger charge is 2.20. The Morgan fingerprint density at radius 3 is 2.32 bits per heavy atom. The summed E-state index contributed by atoms with van der Waals surface area (Å²) in [6, 6.07) is 19.4. The van der Waals surface area contributed by atoms with Gasteiger partial charge in [-0.25, -0.2) is 0 Å². The number of carboxylic acid groups (broad SMARTS) is 1. The summed E-state index contributed by atoms with van der Waals surface area (Å²) < 4.78 is 8.29. The van der Waals surface area contributed by atoms with Crippen LogP contribution in [-0.4, -0.2) is 27.2 Å². The number of hydrogen-bond donors (Lipinski definition) is 1. The summed E-state index contributed by atoms with van der Waals surface area (Å²) in [6.45, 7) is 4.80. The maximum absolute atomic E-state index is 10.6. The average molecular weight is 421 g/mol. The molecule has 5 nitrogen and oxygen atoms in total. The molecule has 1 N–H and O–H groups in total. The smallest absolute Gasteiger partial charge is 0.303 e. The van der Waals surface area contributed by atoms with Crippen molar-refractivity contribution in [3.8, 4) is 23.0 Å². The summed E-state index contributed by atoms with van der Waals surface area (Å²) in [5.74, 6) is -0.716. The van der Waals surface area contributed by atoms with E-state index in [1.54, 1.807) is 0 Å². The zero-order valence-corrected chi connectivity index (χ0v) is 18.5. The van der Waals surface area contributed by atoms with E-state index < -0.39 is 5.97 Å². The molecule has 164 valence electrons. The fourth-order valence-corrected chi connectivity index (χ4v) is 3.68.